The van der Waals surface area contributed by atoms with E-state index in [1.165, 1.54) is 50.1 Å². The van der Waals surface area contributed by atoms with Gasteiger partial charge in [-0.3, -0.25) is 4.90 Å². The number of piperidine rings is 1. The van der Waals surface area contributed by atoms with Crippen molar-refractivity contribution in [3.63, 3.8) is 0 Å². The second-order valence-electron chi connectivity index (χ2n) is 7.11. The van der Waals surface area contributed by atoms with Gasteiger partial charge in [-0.25, -0.2) is 17.9 Å². The number of hydrogen-bond donors (Lipinski definition) is 1. The maximum Gasteiger partial charge on any atom is 0.339 e. The number of nitrogens with zero attached hydrogens (tertiary/aromatic N) is 1. The number of likely N-dealkylation sites (tertiary alicyclic amines) is 1. The molecule has 1 N–H and O–H groups in total. The Balaban J connectivity index is 1.69. The molecule has 1 aliphatic heterocycles. The smallest absolute Gasteiger partial charge is 0.339 e. The Labute approximate surface area is 176 Å². The van der Waals surface area contributed by atoms with Gasteiger partial charge < -0.3 is 4.74 Å². The van der Waals surface area contributed by atoms with Crippen LogP contribution in [-0.2, 0) is 27.8 Å². The molecule has 1 heterocycles. The van der Waals surface area contributed by atoms with Crippen molar-refractivity contribution in [1.82, 2.24) is 9.62 Å². The Morgan fingerprint density at radius 3 is 2.55 bits per heavy atom. The summed E-state index contributed by atoms with van der Waals surface area (Å²) in [7, 11) is -2.59. The summed E-state index contributed by atoms with van der Waals surface area (Å²) in [5.41, 5.74) is 2.06. The number of methoxy groups -OCH3 is 1. The van der Waals surface area contributed by atoms with E-state index in [0.717, 1.165) is 25.2 Å². The first-order valence-corrected chi connectivity index (χ1v) is 11.4. The van der Waals surface area contributed by atoms with Crippen LogP contribution >= 0.6 is 11.6 Å². The molecule has 2 aromatic rings. The van der Waals surface area contributed by atoms with Gasteiger partial charge in [0.25, 0.3) is 0 Å². The van der Waals surface area contributed by atoms with Gasteiger partial charge in [0.1, 0.15) is 0 Å². The molecule has 1 saturated heterocycles. The first-order valence-electron chi connectivity index (χ1n) is 9.57. The van der Waals surface area contributed by atoms with Crippen molar-refractivity contribution >= 4 is 27.6 Å². The lowest BCUT2D eigenvalue weighted by molar-refractivity contribution is 0.0600. The summed E-state index contributed by atoms with van der Waals surface area (Å²) in [5.74, 6) is -0.683. The third-order valence-corrected chi connectivity index (χ3v) is 6.69. The number of halogens is 1. The number of carbonyl (C=O) groups is 1. The molecule has 1 aliphatic rings. The molecule has 0 saturated carbocycles. The van der Waals surface area contributed by atoms with Crippen LogP contribution in [0.4, 0.5) is 0 Å². The first-order chi connectivity index (χ1) is 13.9. The molecule has 0 aliphatic carbocycles. The summed E-state index contributed by atoms with van der Waals surface area (Å²) < 4.78 is 32.6. The molecule has 0 atom stereocenters. The van der Waals surface area contributed by atoms with Gasteiger partial charge >= 0.3 is 5.97 Å². The minimum absolute atomic E-state index is 0.0144. The van der Waals surface area contributed by atoms with Crippen molar-refractivity contribution in [3.8, 4) is 0 Å². The molecule has 2 aromatic carbocycles. The van der Waals surface area contributed by atoms with Crippen LogP contribution in [0.3, 0.4) is 0 Å². The third-order valence-electron chi connectivity index (χ3n) is 4.97. The van der Waals surface area contributed by atoms with Crippen molar-refractivity contribution in [1.29, 1.82) is 0 Å². The van der Waals surface area contributed by atoms with Crippen LogP contribution < -0.4 is 4.72 Å². The van der Waals surface area contributed by atoms with Crippen molar-refractivity contribution in [3.05, 3.63) is 64.2 Å². The van der Waals surface area contributed by atoms with Gasteiger partial charge in [-0.15, -0.1) is 0 Å². The van der Waals surface area contributed by atoms with Gasteiger partial charge in [-0.1, -0.05) is 42.3 Å². The van der Waals surface area contributed by atoms with Crippen LogP contribution in [0.2, 0.25) is 5.02 Å². The van der Waals surface area contributed by atoms with Crippen molar-refractivity contribution in [2.45, 2.75) is 37.2 Å². The minimum atomic E-state index is -3.81. The number of hydrogen-bond acceptors (Lipinski definition) is 5. The maximum absolute atomic E-state index is 12.7. The van der Waals surface area contributed by atoms with Crippen LogP contribution in [0.5, 0.6) is 0 Å². The van der Waals surface area contributed by atoms with Crippen molar-refractivity contribution < 1.29 is 17.9 Å². The van der Waals surface area contributed by atoms with Crippen LogP contribution in [-0.4, -0.2) is 39.5 Å². The zero-order valence-electron chi connectivity index (χ0n) is 16.4. The highest BCUT2D eigenvalue weighted by Gasteiger charge is 2.19. The molecule has 0 aromatic heterocycles. The molecule has 0 amide bonds. The van der Waals surface area contributed by atoms with E-state index in [9.17, 15) is 13.2 Å². The molecular formula is C21H25ClN2O4S. The second-order valence-corrected chi connectivity index (χ2v) is 9.29. The fourth-order valence-electron chi connectivity index (χ4n) is 3.41. The second kappa shape index (κ2) is 9.71. The van der Waals surface area contributed by atoms with E-state index in [1.54, 1.807) is 0 Å². The van der Waals surface area contributed by atoms with E-state index in [0.29, 0.717) is 0 Å². The van der Waals surface area contributed by atoms with Crippen molar-refractivity contribution in [2.75, 3.05) is 20.2 Å². The van der Waals surface area contributed by atoms with Crippen molar-refractivity contribution in [2.24, 2.45) is 0 Å². The van der Waals surface area contributed by atoms with E-state index in [2.05, 4.69) is 20.4 Å². The Morgan fingerprint density at radius 1 is 1.10 bits per heavy atom. The van der Waals surface area contributed by atoms with Gasteiger partial charge in [-0.05, 0) is 55.3 Å². The SMILES string of the molecule is COC(=O)c1cc(S(=O)(=O)NCc2cccc(CN3CCCCC3)c2)ccc1Cl. The Kier molecular flexibility index (Phi) is 7.29. The zero-order chi connectivity index (χ0) is 20.9. The summed E-state index contributed by atoms with van der Waals surface area (Å²) in [4.78, 5) is 14.2. The average Bonchev–Trinajstić information content (AvgIpc) is 2.73. The van der Waals surface area contributed by atoms with Gasteiger partial charge in [0.2, 0.25) is 10.0 Å². The fourth-order valence-corrected chi connectivity index (χ4v) is 4.65. The first kappa shape index (κ1) is 21.8. The topological polar surface area (TPSA) is 75.7 Å². The van der Waals surface area contributed by atoms with E-state index in [-0.39, 0.29) is 22.0 Å². The number of esters is 1. The molecule has 8 heteroatoms. The standard InChI is InChI=1S/C21H25ClN2O4S/c1-28-21(25)19-13-18(8-9-20(19)22)29(26,27)23-14-16-6-5-7-17(12-16)15-24-10-3-2-4-11-24/h5-9,12-13,23H,2-4,10-11,14-15H2,1H3. The predicted octanol–water partition coefficient (Wildman–Crippen LogP) is 3.59. The highest BCUT2D eigenvalue weighted by Crippen LogP contribution is 2.21. The number of rotatable bonds is 7. The lowest BCUT2D eigenvalue weighted by Crippen LogP contribution is -2.29. The molecule has 1 fully saturated rings. The summed E-state index contributed by atoms with van der Waals surface area (Å²) >= 11 is 5.97. The largest absolute Gasteiger partial charge is 0.465 e. The van der Waals surface area contributed by atoms with Crippen LogP contribution in [0, 0.1) is 0 Å². The normalized spacial score (nSPS) is 15.2. The van der Waals surface area contributed by atoms with Crippen LogP contribution in [0.25, 0.3) is 0 Å². The predicted molar refractivity (Wildman–Crippen MR) is 112 cm³/mol. The van der Waals surface area contributed by atoms with E-state index in [4.69, 9.17) is 11.6 Å². The molecular weight excluding hydrogens is 412 g/mol. The number of carbonyl (C=O) groups excluding carboxylic acids is 1. The van der Waals surface area contributed by atoms with E-state index < -0.39 is 16.0 Å². The highest BCUT2D eigenvalue weighted by atomic mass is 35.5. The Hall–Kier alpha value is -1.93. The van der Waals surface area contributed by atoms with Crippen LogP contribution in [0.15, 0.2) is 47.4 Å². The Bertz CT molecular complexity index is 972. The van der Waals surface area contributed by atoms with Gasteiger partial charge in [0.15, 0.2) is 0 Å². The van der Waals surface area contributed by atoms with Gasteiger partial charge in [-0.2, -0.15) is 0 Å². The molecule has 0 spiro atoms. The minimum Gasteiger partial charge on any atom is -0.465 e. The maximum atomic E-state index is 12.7. The number of sulfonamides is 1. The molecule has 0 bridgehead atoms. The number of nitrogens with one attached hydrogen (secondary N) is 1. The summed E-state index contributed by atoms with van der Waals surface area (Å²) in [6.45, 7) is 3.25. The van der Waals surface area contributed by atoms with Gasteiger partial charge in [0, 0.05) is 13.1 Å². The van der Waals surface area contributed by atoms with E-state index >= 15 is 0 Å². The zero-order valence-corrected chi connectivity index (χ0v) is 17.9. The average molecular weight is 437 g/mol. The third kappa shape index (κ3) is 5.79. The highest BCUT2D eigenvalue weighted by molar-refractivity contribution is 7.89. The number of benzene rings is 2. The monoisotopic (exact) mass is 436 g/mol. The molecule has 156 valence electrons. The van der Waals surface area contributed by atoms with E-state index in [1.807, 2.05) is 18.2 Å². The lowest BCUT2D eigenvalue weighted by atomic mass is 10.1. The molecule has 6 nitrogen and oxygen atoms in total. The lowest BCUT2D eigenvalue weighted by Gasteiger charge is -2.26. The Morgan fingerprint density at radius 2 is 1.83 bits per heavy atom. The molecule has 3 rings (SSSR count). The van der Waals surface area contributed by atoms with Gasteiger partial charge in [0.05, 0.1) is 22.6 Å². The quantitative estimate of drug-likeness (QED) is 0.671. The summed E-state index contributed by atoms with van der Waals surface area (Å²) in [5, 5.41) is 0.140. The summed E-state index contributed by atoms with van der Waals surface area (Å²) in [6.07, 6.45) is 3.75. The molecule has 0 radical (unpaired) electrons. The van der Waals surface area contributed by atoms with Crippen LogP contribution in [0.1, 0.15) is 40.7 Å². The summed E-state index contributed by atoms with van der Waals surface area (Å²) in [6, 6.07) is 11.9. The number of ether oxygens (including phenoxy) is 1. The fraction of sp³-hybridized carbons (Fsp3) is 0.381. The molecule has 29 heavy (non-hydrogen) atoms. The molecule has 0 unspecified atom stereocenters.